The first-order valence-electron chi connectivity index (χ1n) is 7.43. The van der Waals surface area contributed by atoms with Crippen LogP contribution in [0, 0.1) is 0 Å². The molecule has 1 aliphatic carbocycles. The summed E-state index contributed by atoms with van der Waals surface area (Å²) in [5, 5.41) is 2.27. The highest BCUT2D eigenvalue weighted by atomic mass is 16.5. The molecule has 2 aromatic carbocycles. The van der Waals surface area contributed by atoms with Crippen molar-refractivity contribution in [2.75, 3.05) is 7.11 Å². The number of para-hydroxylation sites is 1. The highest BCUT2D eigenvalue weighted by molar-refractivity contribution is 6.12. The molecule has 0 saturated carbocycles. The lowest BCUT2D eigenvalue weighted by Crippen LogP contribution is -2.11. The number of aryl methyl sites for hydroxylation is 2. The Kier molecular flexibility index (Phi) is 2.74. The van der Waals surface area contributed by atoms with Crippen molar-refractivity contribution >= 4 is 27.9 Å². The van der Waals surface area contributed by atoms with Crippen molar-refractivity contribution in [1.29, 1.82) is 0 Å². The zero-order valence-corrected chi connectivity index (χ0v) is 12.1. The van der Waals surface area contributed by atoms with Gasteiger partial charge in [-0.25, -0.2) is 9.36 Å². The van der Waals surface area contributed by atoms with Crippen LogP contribution in [0.25, 0.3) is 21.8 Å². The summed E-state index contributed by atoms with van der Waals surface area (Å²) in [4.78, 5) is 12.2. The molecule has 3 nitrogen and oxygen atoms in total. The van der Waals surface area contributed by atoms with Gasteiger partial charge >= 0.3 is 6.09 Å². The molecule has 0 bridgehead atoms. The van der Waals surface area contributed by atoms with Gasteiger partial charge in [0.1, 0.15) is 0 Å². The van der Waals surface area contributed by atoms with Crippen molar-refractivity contribution in [2.45, 2.75) is 25.7 Å². The van der Waals surface area contributed by atoms with Gasteiger partial charge in [0.2, 0.25) is 0 Å². The number of ether oxygens (including phenoxy) is 1. The van der Waals surface area contributed by atoms with E-state index in [-0.39, 0.29) is 6.09 Å². The Hall–Kier alpha value is -2.29. The second-order valence-electron chi connectivity index (χ2n) is 5.67. The van der Waals surface area contributed by atoms with Crippen molar-refractivity contribution in [3.63, 3.8) is 0 Å². The molecular weight excluding hydrogens is 262 g/mol. The first-order valence-corrected chi connectivity index (χ1v) is 7.43. The number of benzene rings is 2. The lowest BCUT2D eigenvalue weighted by atomic mass is 9.90. The van der Waals surface area contributed by atoms with Crippen LogP contribution in [0.4, 0.5) is 4.79 Å². The fraction of sp³-hybridized carbons (Fsp3) is 0.278. The summed E-state index contributed by atoms with van der Waals surface area (Å²) in [5.74, 6) is 0. The van der Waals surface area contributed by atoms with Crippen LogP contribution in [0.1, 0.15) is 24.0 Å². The molecule has 0 saturated heterocycles. The van der Waals surface area contributed by atoms with E-state index in [4.69, 9.17) is 4.74 Å². The van der Waals surface area contributed by atoms with E-state index in [0.29, 0.717) is 0 Å². The van der Waals surface area contributed by atoms with Crippen molar-refractivity contribution in [1.82, 2.24) is 4.57 Å². The van der Waals surface area contributed by atoms with E-state index in [9.17, 15) is 4.79 Å². The SMILES string of the molecule is COC(=O)n1c2ccccc2c2cc3c(cc21)CCCC3. The predicted octanol–water partition coefficient (Wildman–Crippen LogP) is 4.29. The van der Waals surface area contributed by atoms with Gasteiger partial charge in [0.05, 0.1) is 18.1 Å². The van der Waals surface area contributed by atoms with Gasteiger partial charge in [-0.15, -0.1) is 0 Å². The monoisotopic (exact) mass is 279 g/mol. The standard InChI is InChI=1S/C18H17NO2/c1-21-18(20)19-16-9-5-4-8-14(16)15-10-12-6-2-3-7-13(12)11-17(15)19/h4-5,8-11H,2-3,6-7H2,1H3. The molecule has 1 aliphatic rings. The third-order valence-electron chi connectivity index (χ3n) is 4.49. The van der Waals surface area contributed by atoms with Gasteiger partial charge in [0.25, 0.3) is 0 Å². The van der Waals surface area contributed by atoms with Crippen LogP contribution in [0.5, 0.6) is 0 Å². The van der Waals surface area contributed by atoms with E-state index in [0.717, 1.165) is 34.6 Å². The van der Waals surface area contributed by atoms with E-state index in [1.807, 2.05) is 18.2 Å². The average molecular weight is 279 g/mol. The van der Waals surface area contributed by atoms with Crippen molar-refractivity contribution in [3.05, 3.63) is 47.5 Å². The van der Waals surface area contributed by atoms with E-state index in [1.165, 1.54) is 31.1 Å². The van der Waals surface area contributed by atoms with Crippen molar-refractivity contribution in [2.24, 2.45) is 0 Å². The molecule has 0 N–H and O–H groups in total. The lowest BCUT2D eigenvalue weighted by molar-refractivity contribution is 0.175. The van der Waals surface area contributed by atoms with E-state index >= 15 is 0 Å². The van der Waals surface area contributed by atoms with Gasteiger partial charge in [-0.2, -0.15) is 0 Å². The third-order valence-corrected chi connectivity index (χ3v) is 4.49. The van der Waals surface area contributed by atoms with Gasteiger partial charge in [-0.1, -0.05) is 18.2 Å². The van der Waals surface area contributed by atoms with Crippen LogP contribution >= 0.6 is 0 Å². The number of rotatable bonds is 0. The second-order valence-corrected chi connectivity index (χ2v) is 5.67. The van der Waals surface area contributed by atoms with Crippen LogP contribution in [-0.4, -0.2) is 17.8 Å². The molecule has 0 spiro atoms. The number of hydrogen-bond donors (Lipinski definition) is 0. The first kappa shape index (κ1) is 12.5. The Bertz CT molecular complexity index is 860. The number of fused-ring (bicyclic) bond motifs is 4. The maximum absolute atomic E-state index is 12.2. The molecule has 106 valence electrons. The fourth-order valence-corrected chi connectivity index (χ4v) is 3.49. The molecule has 3 heteroatoms. The van der Waals surface area contributed by atoms with Crippen LogP contribution in [-0.2, 0) is 17.6 Å². The zero-order chi connectivity index (χ0) is 14.4. The van der Waals surface area contributed by atoms with Gasteiger partial charge in [0, 0.05) is 10.8 Å². The van der Waals surface area contributed by atoms with Gasteiger partial charge in [-0.3, -0.25) is 0 Å². The Morgan fingerprint density at radius 1 is 1.00 bits per heavy atom. The first-order chi connectivity index (χ1) is 10.3. The Morgan fingerprint density at radius 2 is 1.71 bits per heavy atom. The molecule has 0 fully saturated rings. The van der Waals surface area contributed by atoms with E-state index in [1.54, 1.807) is 4.57 Å². The molecular formula is C18H17NO2. The number of aromatic nitrogens is 1. The molecule has 1 aromatic heterocycles. The largest absolute Gasteiger partial charge is 0.452 e. The van der Waals surface area contributed by atoms with Crippen LogP contribution in [0.3, 0.4) is 0 Å². The predicted molar refractivity (Wildman–Crippen MR) is 83.9 cm³/mol. The summed E-state index contributed by atoms with van der Waals surface area (Å²) in [6, 6.07) is 12.5. The molecule has 3 aromatic rings. The molecule has 0 radical (unpaired) electrons. The summed E-state index contributed by atoms with van der Waals surface area (Å²) in [5.41, 5.74) is 4.69. The van der Waals surface area contributed by atoms with Crippen molar-refractivity contribution in [3.8, 4) is 0 Å². The Balaban J connectivity index is 2.14. The fourth-order valence-electron chi connectivity index (χ4n) is 3.49. The quantitative estimate of drug-likeness (QED) is 0.614. The molecule has 1 heterocycles. The summed E-state index contributed by atoms with van der Waals surface area (Å²) < 4.78 is 6.67. The number of methoxy groups -OCH3 is 1. The number of hydrogen-bond acceptors (Lipinski definition) is 2. The normalized spacial score (nSPS) is 14.3. The summed E-state index contributed by atoms with van der Waals surface area (Å²) in [7, 11) is 1.43. The maximum Gasteiger partial charge on any atom is 0.418 e. The summed E-state index contributed by atoms with van der Waals surface area (Å²) in [6.45, 7) is 0. The lowest BCUT2D eigenvalue weighted by Gasteiger charge is -2.16. The van der Waals surface area contributed by atoms with Gasteiger partial charge in [0.15, 0.2) is 0 Å². The molecule has 0 aliphatic heterocycles. The Morgan fingerprint density at radius 3 is 2.48 bits per heavy atom. The minimum absolute atomic E-state index is 0.322. The number of carbonyl (C=O) groups is 1. The molecule has 21 heavy (non-hydrogen) atoms. The number of carbonyl (C=O) groups excluding carboxylic acids is 1. The zero-order valence-electron chi connectivity index (χ0n) is 12.1. The maximum atomic E-state index is 12.2. The highest BCUT2D eigenvalue weighted by Gasteiger charge is 2.19. The average Bonchev–Trinajstić information content (AvgIpc) is 2.85. The second kappa shape index (κ2) is 4.62. The molecule has 0 unspecified atom stereocenters. The van der Waals surface area contributed by atoms with E-state index in [2.05, 4.69) is 18.2 Å². The van der Waals surface area contributed by atoms with Crippen molar-refractivity contribution < 1.29 is 9.53 Å². The minimum Gasteiger partial charge on any atom is -0.452 e. The van der Waals surface area contributed by atoms with Gasteiger partial charge < -0.3 is 4.74 Å². The summed E-state index contributed by atoms with van der Waals surface area (Å²) in [6.07, 6.45) is 4.42. The number of nitrogens with zero attached hydrogens (tertiary/aromatic N) is 1. The van der Waals surface area contributed by atoms with Crippen LogP contribution < -0.4 is 0 Å². The molecule has 4 rings (SSSR count). The third kappa shape index (κ3) is 1.77. The highest BCUT2D eigenvalue weighted by Crippen LogP contribution is 2.33. The molecule has 0 atom stereocenters. The summed E-state index contributed by atoms with van der Waals surface area (Å²) >= 11 is 0. The molecule has 0 amide bonds. The minimum atomic E-state index is -0.322. The van der Waals surface area contributed by atoms with Crippen LogP contribution in [0.2, 0.25) is 0 Å². The van der Waals surface area contributed by atoms with E-state index < -0.39 is 0 Å². The van der Waals surface area contributed by atoms with Gasteiger partial charge in [-0.05, 0) is 55.0 Å². The smallest absolute Gasteiger partial charge is 0.418 e. The van der Waals surface area contributed by atoms with Crippen LogP contribution in [0.15, 0.2) is 36.4 Å². The Labute approximate surface area is 123 Å². The topological polar surface area (TPSA) is 31.2 Å².